The van der Waals surface area contributed by atoms with Crippen molar-refractivity contribution in [2.24, 2.45) is 17.8 Å². The fraction of sp³-hybridized carbons (Fsp3) is 0.419. The van der Waals surface area contributed by atoms with E-state index in [1.54, 1.807) is 58.0 Å². The van der Waals surface area contributed by atoms with E-state index in [0.29, 0.717) is 82.9 Å². The van der Waals surface area contributed by atoms with Crippen molar-refractivity contribution >= 4 is 41.6 Å². The molecular formula is C43H47BF2N4O9. The Morgan fingerprint density at radius 2 is 1.56 bits per heavy atom. The average Bonchev–Trinajstić information content (AvgIpc) is 3.97. The summed E-state index contributed by atoms with van der Waals surface area (Å²) in [6, 6.07) is 10.0. The summed E-state index contributed by atoms with van der Waals surface area (Å²) in [7, 11) is 0. The Bertz CT molecular complexity index is 2330. The maximum Gasteiger partial charge on any atom is 0.737 e. The SMILES string of the molecule is CC1=CC(C)=[N+]2C1=C(c1cc(COC(=O)CCCCCCC(=O)OC[C@@H]3CC4C=C[C@@H]3C4)ccc1OCc1c([N+](=O)[O-])cccc1[N+](=O)[O-])c1c(C)cc(C)n1[B-]2(F)F. The number of aromatic nitrogens is 1. The fourth-order valence-corrected chi connectivity index (χ4v) is 9.23. The van der Waals surface area contributed by atoms with Crippen molar-refractivity contribution in [1.29, 1.82) is 0 Å². The molecule has 1 fully saturated rings. The first-order chi connectivity index (χ1) is 28.1. The van der Waals surface area contributed by atoms with Gasteiger partial charge in [-0.05, 0) is 105 Å². The van der Waals surface area contributed by atoms with Crippen molar-refractivity contribution in [3.8, 4) is 5.75 Å². The standard InChI is InChI=1S/C43H47BF2N4O9/c1-26-18-28(3)47-42(26)41(43-27(2)19-29(4)48(43)44(47,45)46)34-22-31(15-17-38(34)57-25-35-36(49(53)54)10-9-11-37(35)50(55)56)23-58-39(51)12-7-5-6-8-13-40(52)59-24-33-21-30-14-16-32(33)20-30/h9-11,14-19,22,30,32-33H,5-8,12-13,20-21,23-25H2,1-4H3/t30?,32-,33+/m1/s1. The molecule has 2 bridgehead atoms. The van der Waals surface area contributed by atoms with Gasteiger partial charge in [-0.2, -0.15) is 0 Å². The number of aryl methyl sites for hydroxylation is 2. The predicted molar refractivity (Wildman–Crippen MR) is 216 cm³/mol. The van der Waals surface area contributed by atoms with Crippen LogP contribution in [0.2, 0.25) is 0 Å². The van der Waals surface area contributed by atoms with Crippen LogP contribution in [-0.4, -0.2) is 50.0 Å². The zero-order valence-corrected chi connectivity index (χ0v) is 33.6. The summed E-state index contributed by atoms with van der Waals surface area (Å²) in [5.74, 6) is 1.10. The second-order valence-corrected chi connectivity index (χ2v) is 16.0. The van der Waals surface area contributed by atoms with E-state index in [2.05, 4.69) is 12.2 Å². The number of nitrogens with zero attached hydrogens (tertiary/aromatic N) is 4. The first kappa shape index (κ1) is 41.2. The number of hydrogen-bond donors (Lipinski definition) is 0. The Hall–Kier alpha value is -5.93. The van der Waals surface area contributed by atoms with Gasteiger partial charge in [0.15, 0.2) is 5.70 Å². The summed E-state index contributed by atoms with van der Waals surface area (Å²) < 4.78 is 52.4. The molecule has 3 heterocycles. The third kappa shape index (κ3) is 8.22. The lowest BCUT2D eigenvalue weighted by Gasteiger charge is -2.34. The van der Waals surface area contributed by atoms with E-state index in [0.717, 1.165) is 40.4 Å². The molecule has 1 unspecified atom stereocenters. The van der Waals surface area contributed by atoms with E-state index in [9.17, 15) is 29.8 Å². The Morgan fingerprint density at radius 3 is 2.19 bits per heavy atom. The molecule has 2 aromatic carbocycles. The average molecular weight is 813 g/mol. The molecule has 7 rings (SSSR count). The molecule has 0 radical (unpaired) electrons. The highest BCUT2D eigenvalue weighted by atomic mass is 19.2. The molecular weight excluding hydrogens is 765 g/mol. The van der Waals surface area contributed by atoms with E-state index in [4.69, 9.17) is 14.2 Å². The molecule has 1 saturated carbocycles. The highest BCUT2D eigenvalue weighted by Gasteiger charge is 2.55. The summed E-state index contributed by atoms with van der Waals surface area (Å²) in [5.41, 5.74) is 2.33. The molecule has 3 atom stereocenters. The van der Waals surface area contributed by atoms with Gasteiger partial charge in [0, 0.05) is 54.8 Å². The van der Waals surface area contributed by atoms with Gasteiger partial charge in [-0.3, -0.25) is 29.8 Å². The molecule has 4 aliphatic rings. The number of benzene rings is 2. The highest BCUT2D eigenvalue weighted by Crippen LogP contribution is 2.47. The number of hydrogen-bond acceptors (Lipinski definition) is 9. The number of unbranched alkanes of at least 4 members (excludes halogenated alkanes) is 3. The van der Waals surface area contributed by atoms with Crippen LogP contribution in [0.4, 0.5) is 20.0 Å². The third-order valence-corrected chi connectivity index (χ3v) is 11.9. The molecule has 0 spiro atoms. The molecule has 0 N–H and O–H groups in total. The van der Waals surface area contributed by atoms with Crippen LogP contribution < -0.4 is 4.74 Å². The van der Waals surface area contributed by atoms with Crippen LogP contribution in [0, 0.1) is 51.8 Å². The number of nitro groups is 2. The van der Waals surface area contributed by atoms with E-state index in [1.165, 1.54) is 12.5 Å². The van der Waals surface area contributed by atoms with Crippen LogP contribution in [0.1, 0.15) is 98.9 Å². The molecule has 59 heavy (non-hydrogen) atoms. The Morgan fingerprint density at radius 1 is 0.881 bits per heavy atom. The number of nitro benzene ring substituents is 2. The highest BCUT2D eigenvalue weighted by molar-refractivity contribution is 6.58. The first-order valence-corrected chi connectivity index (χ1v) is 20.1. The molecule has 1 aromatic heterocycles. The number of esters is 2. The minimum Gasteiger partial charge on any atom is -0.488 e. The molecule has 0 amide bonds. The number of allylic oxidation sites excluding steroid dienone is 4. The van der Waals surface area contributed by atoms with Gasteiger partial charge in [0.05, 0.1) is 22.0 Å². The lowest BCUT2D eigenvalue weighted by molar-refractivity contribution is -0.396. The molecule has 16 heteroatoms. The topological polar surface area (TPSA) is 156 Å². The Balaban J connectivity index is 1.07. The van der Waals surface area contributed by atoms with Crippen molar-refractivity contribution in [3.05, 3.63) is 126 Å². The van der Waals surface area contributed by atoms with Crippen LogP contribution in [-0.2, 0) is 32.3 Å². The van der Waals surface area contributed by atoms with Crippen LogP contribution >= 0.6 is 0 Å². The van der Waals surface area contributed by atoms with Crippen LogP contribution in [0.5, 0.6) is 5.75 Å². The van der Waals surface area contributed by atoms with Gasteiger partial charge in [0.2, 0.25) is 0 Å². The summed E-state index contributed by atoms with van der Waals surface area (Å²) in [6.45, 7) is 2.14. The number of ether oxygens (including phenoxy) is 3. The largest absolute Gasteiger partial charge is 0.737 e. The van der Waals surface area contributed by atoms with Crippen molar-refractivity contribution < 1.29 is 46.8 Å². The molecule has 2 aliphatic carbocycles. The minimum atomic E-state index is -4.31. The molecule has 3 aromatic rings. The van der Waals surface area contributed by atoms with Crippen molar-refractivity contribution in [3.63, 3.8) is 0 Å². The first-order valence-electron chi connectivity index (χ1n) is 20.1. The summed E-state index contributed by atoms with van der Waals surface area (Å²) in [6.07, 6.45) is 11.7. The quantitative estimate of drug-likeness (QED) is 0.0324. The van der Waals surface area contributed by atoms with Crippen molar-refractivity contribution in [1.82, 2.24) is 4.48 Å². The fourth-order valence-electron chi connectivity index (χ4n) is 9.23. The monoisotopic (exact) mass is 812 g/mol. The molecule has 13 nitrogen and oxygen atoms in total. The van der Waals surface area contributed by atoms with E-state index in [1.807, 2.05) is 0 Å². The van der Waals surface area contributed by atoms with Crippen molar-refractivity contribution in [2.45, 2.75) is 92.3 Å². The molecule has 310 valence electrons. The number of rotatable bonds is 17. The number of carbonyl (C=O) groups excluding carboxylic acids is 2. The van der Waals surface area contributed by atoms with Gasteiger partial charge in [-0.1, -0.05) is 31.1 Å². The van der Waals surface area contributed by atoms with Crippen LogP contribution in [0.3, 0.4) is 0 Å². The minimum absolute atomic E-state index is 0.126. The number of halogens is 2. The van der Waals surface area contributed by atoms with Gasteiger partial charge < -0.3 is 31.8 Å². The van der Waals surface area contributed by atoms with Gasteiger partial charge in [-0.25, -0.2) is 0 Å². The van der Waals surface area contributed by atoms with Crippen LogP contribution in [0.15, 0.2) is 72.0 Å². The maximum absolute atomic E-state index is 16.5. The summed E-state index contributed by atoms with van der Waals surface area (Å²) in [4.78, 5) is 47.5. The van der Waals surface area contributed by atoms with Gasteiger partial charge in [0.1, 0.15) is 30.2 Å². The van der Waals surface area contributed by atoms with E-state index >= 15 is 8.63 Å². The van der Waals surface area contributed by atoms with Crippen molar-refractivity contribution in [2.75, 3.05) is 6.61 Å². The normalized spacial score (nSPS) is 19.8. The smallest absolute Gasteiger partial charge is 0.488 e. The van der Waals surface area contributed by atoms with Gasteiger partial charge >= 0.3 is 18.9 Å². The maximum atomic E-state index is 16.5. The molecule has 2 aliphatic heterocycles. The lowest BCUT2D eigenvalue weighted by atomic mass is 9.83. The zero-order chi connectivity index (χ0) is 42.2. The number of carbonyl (C=O) groups is 2. The Kier molecular flexibility index (Phi) is 11.7. The van der Waals surface area contributed by atoms with E-state index < -0.39 is 40.8 Å². The van der Waals surface area contributed by atoms with Gasteiger partial charge in [-0.15, -0.1) is 0 Å². The van der Waals surface area contributed by atoms with Crippen LogP contribution in [0.25, 0.3) is 5.57 Å². The summed E-state index contributed by atoms with van der Waals surface area (Å²) in [5, 5.41) is 23.8. The Labute approximate surface area is 340 Å². The third-order valence-electron chi connectivity index (χ3n) is 11.9. The summed E-state index contributed by atoms with van der Waals surface area (Å²) >= 11 is 0. The second kappa shape index (κ2) is 16.7. The second-order valence-electron chi connectivity index (χ2n) is 16.0. The number of fused-ring (bicyclic) bond motifs is 4. The lowest BCUT2D eigenvalue weighted by Crippen LogP contribution is -2.51. The zero-order valence-electron chi connectivity index (χ0n) is 33.6. The van der Waals surface area contributed by atoms with Gasteiger partial charge in [0.25, 0.3) is 11.4 Å². The predicted octanol–water partition coefficient (Wildman–Crippen LogP) is 9.07. The molecule has 0 saturated heterocycles. The van der Waals surface area contributed by atoms with E-state index in [-0.39, 0.29) is 41.7 Å².